The summed E-state index contributed by atoms with van der Waals surface area (Å²) in [7, 11) is 0. The van der Waals surface area contributed by atoms with Crippen molar-refractivity contribution in [3.63, 3.8) is 0 Å². The number of hydrogen-bond acceptors (Lipinski definition) is 5. The Balaban J connectivity index is 1.62. The number of para-hydroxylation sites is 1. The SMILES string of the molecule is CC(C)(C)OC(=O)CCN=C(NCCc1ccco1)NC1CCOc2ccccc21. The van der Waals surface area contributed by atoms with Gasteiger partial charge in [-0.25, -0.2) is 0 Å². The lowest BCUT2D eigenvalue weighted by atomic mass is 10.0. The van der Waals surface area contributed by atoms with E-state index in [0.717, 1.165) is 29.9 Å². The highest BCUT2D eigenvalue weighted by Crippen LogP contribution is 2.31. The fourth-order valence-corrected chi connectivity index (χ4v) is 3.22. The van der Waals surface area contributed by atoms with Crippen molar-refractivity contribution < 1.29 is 18.7 Å². The third kappa shape index (κ3) is 6.83. The number of esters is 1. The monoisotopic (exact) mass is 413 g/mol. The van der Waals surface area contributed by atoms with Crippen LogP contribution in [0.15, 0.2) is 52.1 Å². The summed E-state index contributed by atoms with van der Waals surface area (Å²) in [4.78, 5) is 16.6. The van der Waals surface area contributed by atoms with E-state index in [9.17, 15) is 4.79 Å². The molecule has 1 aromatic heterocycles. The number of rotatable bonds is 7. The minimum atomic E-state index is -0.491. The van der Waals surface area contributed by atoms with E-state index >= 15 is 0 Å². The fourth-order valence-electron chi connectivity index (χ4n) is 3.22. The van der Waals surface area contributed by atoms with Crippen LogP contribution >= 0.6 is 0 Å². The first-order chi connectivity index (χ1) is 14.4. The van der Waals surface area contributed by atoms with Gasteiger partial charge >= 0.3 is 5.97 Å². The molecule has 0 fully saturated rings. The molecule has 7 heteroatoms. The lowest BCUT2D eigenvalue weighted by molar-refractivity contribution is -0.154. The molecule has 0 spiro atoms. The average Bonchev–Trinajstić information content (AvgIpc) is 3.20. The van der Waals surface area contributed by atoms with Crippen LogP contribution in [0.4, 0.5) is 0 Å². The maximum Gasteiger partial charge on any atom is 0.308 e. The predicted molar refractivity (Wildman–Crippen MR) is 116 cm³/mol. The number of hydrogen-bond donors (Lipinski definition) is 2. The Morgan fingerprint density at radius 1 is 1.23 bits per heavy atom. The van der Waals surface area contributed by atoms with Gasteiger partial charge in [-0.1, -0.05) is 18.2 Å². The second-order valence-corrected chi connectivity index (χ2v) is 8.19. The van der Waals surface area contributed by atoms with E-state index in [1.165, 1.54) is 0 Å². The highest BCUT2D eigenvalue weighted by atomic mass is 16.6. The molecule has 1 aliphatic rings. The number of nitrogens with zero attached hydrogens (tertiary/aromatic N) is 1. The smallest absolute Gasteiger partial charge is 0.308 e. The van der Waals surface area contributed by atoms with Gasteiger partial charge in [0.25, 0.3) is 0 Å². The van der Waals surface area contributed by atoms with E-state index in [4.69, 9.17) is 13.9 Å². The van der Waals surface area contributed by atoms with Crippen LogP contribution in [0.1, 0.15) is 51.0 Å². The first-order valence-electron chi connectivity index (χ1n) is 10.4. The number of guanidine groups is 1. The summed E-state index contributed by atoms with van der Waals surface area (Å²) in [5.41, 5.74) is 0.617. The maximum atomic E-state index is 12.0. The Labute approximate surface area is 177 Å². The largest absolute Gasteiger partial charge is 0.493 e. The number of carbonyl (C=O) groups excluding carboxylic acids is 1. The summed E-state index contributed by atoms with van der Waals surface area (Å²) in [5, 5.41) is 6.83. The molecule has 0 saturated carbocycles. The minimum absolute atomic E-state index is 0.0892. The van der Waals surface area contributed by atoms with E-state index in [0.29, 0.717) is 25.7 Å². The Morgan fingerprint density at radius 2 is 2.07 bits per heavy atom. The Morgan fingerprint density at radius 3 is 2.83 bits per heavy atom. The van der Waals surface area contributed by atoms with Gasteiger partial charge < -0.3 is 24.5 Å². The van der Waals surface area contributed by atoms with E-state index in [1.54, 1.807) is 6.26 Å². The first kappa shape index (κ1) is 21.7. The maximum absolute atomic E-state index is 12.0. The summed E-state index contributed by atoms with van der Waals surface area (Å²) in [6.45, 7) is 7.23. The number of nitrogens with one attached hydrogen (secondary N) is 2. The molecule has 162 valence electrons. The molecule has 2 N–H and O–H groups in total. The minimum Gasteiger partial charge on any atom is -0.493 e. The number of aliphatic imine (C=N–C) groups is 1. The molecule has 2 heterocycles. The van der Waals surface area contributed by atoms with Crippen LogP contribution in [-0.4, -0.2) is 37.2 Å². The molecule has 1 aliphatic heterocycles. The topological polar surface area (TPSA) is 85.1 Å². The van der Waals surface area contributed by atoms with Crippen molar-refractivity contribution in [1.29, 1.82) is 0 Å². The molecule has 1 atom stereocenters. The molecular weight excluding hydrogens is 382 g/mol. The van der Waals surface area contributed by atoms with Gasteiger partial charge in [0.05, 0.1) is 31.9 Å². The third-order valence-corrected chi connectivity index (χ3v) is 4.52. The normalized spacial score (nSPS) is 16.4. The van der Waals surface area contributed by atoms with Gasteiger partial charge in [0, 0.05) is 24.9 Å². The molecule has 1 aromatic carbocycles. The van der Waals surface area contributed by atoms with Crippen LogP contribution in [0, 0.1) is 0 Å². The zero-order valence-electron chi connectivity index (χ0n) is 17.9. The van der Waals surface area contributed by atoms with Gasteiger partial charge in [-0.3, -0.25) is 9.79 Å². The van der Waals surface area contributed by atoms with E-state index in [2.05, 4.69) is 21.7 Å². The Kier molecular flexibility index (Phi) is 7.38. The standard InChI is InChI=1S/C23H31N3O4/c1-23(2,3)30-21(27)11-14-25-22(24-13-10-17-7-6-15-28-17)26-19-12-16-29-20-9-5-4-8-18(19)20/h4-9,15,19H,10-14,16H2,1-3H3,(H2,24,25,26). The van der Waals surface area contributed by atoms with Gasteiger partial charge in [0.2, 0.25) is 0 Å². The molecule has 0 aliphatic carbocycles. The Hall–Kier alpha value is -2.96. The van der Waals surface area contributed by atoms with Gasteiger partial charge in [-0.05, 0) is 39.0 Å². The summed E-state index contributed by atoms with van der Waals surface area (Å²) in [5.74, 6) is 2.21. The van der Waals surface area contributed by atoms with Gasteiger partial charge in [0.1, 0.15) is 17.1 Å². The Bertz CT molecular complexity index is 840. The molecule has 30 heavy (non-hydrogen) atoms. The molecule has 2 aromatic rings. The second-order valence-electron chi connectivity index (χ2n) is 8.19. The van der Waals surface area contributed by atoms with Crippen molar-refractivity contribution in [2.75, 3.05) is 19.7 Å². The molecular formula is C23H31N3O4. The van der Waals surface area contributed by atoms with Crippen molar-refractivity contribution in [1.82, 2.24) is 10.6 Å². The number of fused-ring (bicyclic) bond motifs is 1. The number of carbonyl (C=O) groups is 1. The summed E-state index contributed by atoms with van der Waals surface area (Å²) in [6, 6.07) is 11.9. The van der Waals surface area contributed by atoms with Gasteiger partial charge in [0.15, 0.2) is 5.96 Å². The van der Waals surface area contributed by atoms with Crippen LogP contribution in [0.2, 0.25) is 0 Å². The number of furan rings is 1. The molecule has 7 nitrogen and oxygen atoms in total. The molecule has 0 bridgehead atoms. The van der Waals surface area contributed by atoms with Crippen molar-refractivity contribution in [3.05, 3.63) is 54.0 Å². The molecule has 3 rings (SSSR count). The van der Waals surface area contributed by atoms with Crippen molar-refractivity contribution in [3.8, 4) is 5.75 Å². The van der Waals surface area contributed by atoms with E-state index < -0.39 is 5.60 Å². The number of benzene rings is 1. The van der Waals surface area contributed by atoms with Crippen LogP contribution in [0.5, 0.6) is 5.75 Å². The quantitative estimate of drug-likeness (QED) is 0.410. The summed E-state index contributed by atoms with van der Waals surface area (Å²) < 4.78 is 16.5. The molecule has 0 amide bonds. The first-order valence-corrected chi connectivity index (χ1v) is 10.4. The zero-order valence-corrected chi connectivity index (χ0v) is 17.9. The van der Waals surface area contributed by atoms with Gasteiger partial charge in [-0.15, -0.1) is 0 Å². The van der Waals surface area contributed by atoms with Crippen molar-refractivity contribution >= 4 is 11.9 Å². The average molecular weight is 414 g/mol. The predicted octanol–water partition coefficient (Wildman–Crippen LogP) is 3.61. The fraction of sp³-hybridized carbons (Fsp3) is 0.478. The molecule has 0 saturated heterocycles. The van der Waals surface area contributed by atoms with Crippen LogP contribution in [0.3, 0.4) is 0 Å². The lowest BCUT2D eigenvalue weighted by Gasteiger charge is -2.28. The second kappa shape index (κ2) is 10.2. The van der Waals surface area contributed by atoms with E-state index in [1.807, 2.05) is 51.1 Å². The van der Waals surface area contributed by atoms with Gasteiger partial charge in [-0.2, -0.15) is 0 Å². The highest BCUT2D eigenvalue weighted by molar-refractivity contribution is 5.81. The zero-order chi connectivity index (χ0) is 21.4. The van der Waals surface area contributed by atoms with Crippen LogP contribution in [-0.2, 0) is 16.0 Å². The number of ether oxygens (including phenoxy) is 2. The summed E-state index contributed by atoms with van der Waals surface area (Å²) in [6.07, 6.45) is 3.47. The van der Waals surface area contributed by atoms with Crippen LogP contribution < -0.4 is 15.4 Å². The molecule has 0 radical (unpaired) electrons. The van der Waals surface area contributed by atoms with Crippen molar-refractivity contribution in [2.24, 2.45) is 4.99 Å². The lowest BCUT2D eigenvalue weighted by Crippen LogP contribution is -2.42. The van der Waals surface area contributed by atoms with Crippen LogP contribution in [0.25, 0.3) is 0 Å². The highest BCUT2D eigenvalue weighted by Gasteiger charge is 2.22. The summed E-state index contributed by atoms with van der Waals surface area (Å²) >= 11 is 0. The third-order valence-electron chi connectivity index (χ3n) is 4.52. The van der Waals surface area contributed by atoms with E-state index in [-0.39, 0.29) is 18.4 Å². The molecule has 1 unspecified atom stereocenters. The van der Waals surface area contributed by atoms with Crippen molar-refractivity contribution in [2.45, 2.75) is 51.7 Å².